The first-order valence-electron chi connectivity index (χ1n) is 9.81. The molecular weight excluding hydrogens is 363 g/mol. The summed E-state index contributed by atoms with van der Waals surface area (Å²) in [5.41, 5.74) is 5.04. The Bertz CT molecular complexity index is 785. The highest BCUT2D eigenvalue weighted by atomic mass is 19.1. The number of carbonyl (C=O) groups is 3. The van der Waals surface area contributed by atoms with E-state index >= 15 is 0 Å². The molecule has 0 unspecified atom stereocenters. The topological polar surface area (TPSA) is 87.0 Å². The maximum atomic E-state index is 13.5. The zero-order valence-corrected chi connectivity index (χ0v) is 15.8. The average Bonchev–Trinajstić information content (AvgIpc) is 2.65. The number of hydrogen-bond acceptors (Lipinski definition) is 3. The molecule has 4 rings (SSSR count). The molecule has 3 aliphatic rings. The third-order valence-corrected chi connectivity index (χ3v) is 6.27. The van der Waals surface area contributed by atoms with Gasteiger partial charge in [0.25, 0.3) is 5.91 Å². The van der Waals surface area contributed by atoms with E-state index in [-0.39, 0.29) is 49.9 Å². The van der Waals surface area contributed by atoms with Gasteiger partial charge in [0.05, 0.1) is 13.1 Å². The average molecular weight is 388 g/mol. The lowest BCUT2D eigenvalue weighted by molar-refractivity contribution is -0.179. The highest BCUT2D eigenvalue weighted by Crippen LogP contribution is 2.37. The van der Waals surface area contributed by atoms with Crippen molar-refractivity contribution in [1.29, 1.82) is 0 Å². The molecule has 1 aromatic carbocycles. The Labute approximate surface area is 163 Å². The van der Waals surface area contributed by atoms with Gasteiger partial charge in [0.15, 0.2) is 5.54 Å². The number of nitrogens with two attached hydrogens (primary N) is 1. The van der Waals surface area contributed by atoms with Crippen molar-refractivity contribution in [2.24, 2.45) is 5.73 Å². The first-order valence-corrected chi connectivity index (χ1v) is 9.81. The number of nitrogens with zero attached hydrogens (tertiary/aromatic N) is 3. The van der Waals surface area contributed by atoms with Crippen LogP contribution in [0.1, 0.15) is 37.7 Å². The van der Waals surface area contributed by atoms with Gasteiger partial charge in [0.1, 0.15) is 12.4 Å². The summed E-state index contributed by atoms with van der Waals surface area (Å²) in [7, 11) is 0. The summed E-state index contributed by atoms with van der Waals surface area (Å²) in [6.45, 7) is 0.480. The van der Waals surface area contributed by atoms with E-state index in [0.29, 0.717) is 0 Å². The summed E-state index contributed by atoms with van der Waals surface area (Å²) in [5, 5.41) is 0. The Morgan fingerprint density at radius 2 is 1.75 bits per heavy atom. The van der Waals surface area contributed by atoms with E-state index in [1.54, 1.807) is 21.9 Å². The predicted molar refractivity (Wildman–Crippen MR) is 99.4 cm³/mol. The zero-order chi connectivity index (χ0) is 19.9. The highest BCUT2D eigenvalue weighted by molar-refractivity contribution is 6.00. The van der Waals surface area contributed by atoms with Crippen LogP contribution in [0.25, 0.3) is 0 Å². The summed E-state index contributed by atoms with van der Waals surface area (Å²) in [5.74, 6) is -0.594. The van der Waals surface area contributed by atoms with Crippen LogP contribution < -0.4 is 5.73 Å². The Hall–Kier alpha value is -2.64. The third kappa shape index (κ3) is 3.10. The standard InChI is InChI=1S/C20H25FN4O3/c21-15-8-6-14(7-9-15)10-25-17(26)11-24(16-4-2-1-3-5-16)18(27)20(25)12-23(13-20)19(22)28/h6-9,16H,1-5,10-13H2,(H2,22,28). The largest absolute Gasteiger partial charge is 0.351 e. The number of carbonyl (C=O) groups excluding carboxylic acids is 3. The van der Waals surface area contributed by atoms with E-state index in [9.17, 15) is 18.8 Å². The number of urea groups is 1. The molecule has 8 heteroatoms. The first-order chi connectivity index (χ1) is 13.4. The second-order valence-corrected chi connectivity index (χ2v) is 8.06. The molecule has 28 heavy (non-hydrogen) atoms. The fraction of sp³-hybridized carbons (Fsp3) is 0.550. The molecule has 0 atom stereocenters. The maximum absolute atomic E-state index is 13.5. The van der Waals surface area contributed by atoms with Gasteiger partial charge in [-0.3, -0.25) is 9.59 Å². The van der Waals surface area contributed by atoms with Crippen LogP contribution in [0.4, 0.5) is 9.18 Å². The van der Waals surface area contributed by atoms with Crippen LogP contribution in [0.3, 0.4) is 0 Å². The summed E-state index contributed by atoms with van der Waals surface area (Å²) in [6, 6.07) is 5.38. The Balaban J connectivity index is 1.61. The molecule has 3 fully saturated rings. The number of likely N-dealkylation sites (tertiary alicyclic amines) is 1. The predicted octanol–water partition coefficient (Wildman–Crippen LogP) is 1.46. The van der Waals surface area contributed by atoms with Crippen LogP contribution in [-0.2, 0) is 16.1 Å². The lowest BCUT2D eigenvalue weighted by Crippen LogP contribution is -2.82. The summed E-state index contributed by atoms with van der Waals surface area (Å²) in [6.07, 6.45) is 5.09. The molecule has 2 aliphatic heterocycles. The van der Waals surface area contributed by atoms with Gasteiger partial charge in [-0.1, -0.05) is 31.4 Å². The molecule has 0 bridgehead atoms. The lowest BCUT2D eigenvalue weighted by Gasteiger charge is -2.58. The van der Waals surface area contributed by atoms with Gasteiger partial charge in [0, 0.05) is 12.6 Å². The SMILES string of the molecule is NC(=O)N1CC2(C1)C(=O)N(C1CCCCC1)CC(=O)N2Cc1ccc(F)cc1. The van der Waals surface area contributed by atoms with E-state index < -0.39 is 11.6 Å². The van der Waals surface area contributed by atoms with Gasteiger partial charge in [-0.25, -0.2) is 9.18 Å². The molecule has 0 radical (unpaired) electrons. The van der Waals surface area contributed by atoms with Crippen LogP contribution in [0.15, 0.2) is 24.3 Å². The van der Waals surface area contributed by atoms with Crippen LogP contribution in [0.5, 0.6) is 0 Å². The normalized spacial score (nSPS) is 22.5. The van der Waals surface area contributed by atoms with Crippen molar-refractivity contribution < 1.29 is 18.8 Å². The van der Waals surface area contributed by atoms with E-state index in [1.807, 2.05) is 0 Å². The van der Waals surface area contributed by atoms with Gasteiger partial charge in [-0.15, -0.1) is 0 Å². The van der Waals surface area contributed by atoms with Gasteiger partial charge in [-0.2, -0.15) is 0 Å². The summed E-state index contributed by atoms with van der Waals surface area (Å²) < 4.78 is 13.2. The molecule has 4 amide bonds. The maximum Gasteiger partial charge on any atom is 0.314 e. The van der Waals surface area contributed by atoms with Crippen molar-refractivity contribution in [2.45, 2.75) is 50.2 Å². The minimum atomic E-state index is -1.07. The minimum absolute atomic E-state index is 0.0585. The molecule has 1 aliphatic carbocycles. The van der Waals surface area contributed by atoms with Crippen molar-refractivity contribution in [1.82, 2.24) is 14.7 Å². The van der Waals surface area contributed by atoms with Crippen LogP contribution in [0, 0.1) is 5.82 Å². The van der Waals surface area contributed by atoms with Crippen molar-refractivity contribution >= 4 is 17.8 Å². The van der Waals surface area contributed by atoms with Crippen LogP contribution in [-0.4, -0.2) is 63.8 Å². The fourth-order valence-corrected chi connectivity index (χ4v) is 4.67. The summed E-state index contributed by atoms with van der Waals surface area (Å²) >= 11 is 0. The quantitative estimate of drug-likeness (QED) is 0.851. The molecule has 150 valence electrons. The molecule has 7 nitrogen and oxygen atoms in total. The number of rotatable bonds is 3. The first kappa shape index (κ1) is 18.7. The molecular formula is C20H25FN4O3. The zero-order valence-electron chi connectivity index (χ0n) is 15.8. The minimum Gasteiger partial charge on any atom is -0.351 e. The molecule has 2 heterocycles. The highest BCUT2D eigenvalue weighted by Gasteiger charge is 2.61. The van der Waals surface area contributed by atoms with E-state index in [0.717, 1.165) is 37.7 Å². The smallest absolute Gasteiger partial charge is 0.314 e. The number of benzene rings is 1. The van der Waals surface area contributed by atoms with E-state index in [2.05, 4.69) is 0 Å². The van der Waals surface area contributed by atoms with Gasteiger partial charge in [-0.05, 0) is 30.5 Å². The Morgan fingerprint density at radius 3 is 2.36 bits per heavy atom. The van der Waals surface area contributed by atoms with E-state index in [1.165, 1.54) is 17.0 Å². The Morgan fingerprint density at radius 1 is 1.11 bits per heavy atom. The van der Waals surface area contributed by atoms with Crippen molar-refractivity contribution in [3.8, 4) is 0 Å². The van der Waals surface area contributed by atoms with Crippen molar-refractivity contribution in [3.63, 3.8) is 0 Å². The molecule has 1 aromatic rings. The molecule has 2 saturated heterocycles. The molecule has 1 saturated carbocycles. The molecule has 1 spiro atoms. The van der Waals surface area contributed by atoms with E-state index in [4.69, 9.17) is 5.73 Å². The second-order valence-electron chi connectivity index (χ2n) is 8.06. The second kappa shape index (κ2) is 7.07. The number of primary amides is 1. The number of hydrogen-bond donors (Lipinski definition) is 1. The lowest BCUT2D eigenvalue weighted by atomic mass is 9.81. The van der Waals surface area contributed by atoms with Gasteiger partial charge in [0.2, 0.25) is 5.91 Å². The van der Waals surface area contributed by atoms with Crippen molar-refractivity contribution in [3.05, 3.63) is 35.6 Å². The van der Waals surface area contributed by atoms with Crippen LogP contribution in [0.2, 0.25) is 0 Å². The summed E-state index contributed by atoms with van der Waals surface area (Å²) in [4.78, 5) is 42.8. The Kier molecular flexibility index (Phi) is 4.72. The third-order valence-electron chi connectivity index (χ3n) is 6.27. The molecule has 2 N–H and O–H groups in total. The fourth-order valence-electron chi connectivity index (χ4n) is 4.67. The number of halogens is 1. The molecule has 0 aromatic heterocycles. The van der Waals surface area contributed by atoms with Gasteiger partial charge >= 0.3 is 6.03 Å². The van der Waals surface area contributed by atoms with Crippen molar-refractivity contribution in [2.75, 3.05) is 19.6 Å². The van der Waals surface area contributed by atoms with Crippen LogP contribution >= 0.6 is 0 Å². The number of amides is 4. The monoisotopic (exact) mass is 388 g/mol. The van der Waals surface area contributed by atoms with Gasteiger partial charge < -0.3 is 20.4 Å². The number of piperazine rings is 1.